The molecule has 0 bridgehead atoms. The zero-order valence-corrected chi connectivity index (χ0v) is 12.0. The maximum Gasteiger partial charge on any atom is 0.573 e. The fraction of sp³-hybridized carbons (Fsp3) is 0.0667. The number of nitrogens with one attached hydrogen (secondary N) is 3. The summed E-state index contributed by atoms with van der Waals surface area (Å²) in [6.07, 6.45) is -3.02. The lowest BCUT2D eigenvalue weighted by Gasteiger charge is -2.09. The zero-order valence-electron chi connectivity index (χ0n) is 12.0. The Bertz CT molecular complexity index is 823. The lowest BCUT2D eigenvalue weighted by molar-refractivity contribution is -0.274. The molecule has 24 heavy (non-hydrogen) atoms. The van der Waals surface area contributed by atoms with E-state index in [2.05, 4.69) is 25.2 Å². The van der Waals surface area contributed by atoms with Crippen LogP contribution in [-0.4, -0.2) is 27.5 Å². The number of halogens is 3. The highest BCUT2D eigenvalue weighted by atomic mass is 19.4. The molecule has 0 aliphatic rings. The van der Waals surface area contributed by atoms with Crippen LogP contribution < -0.4 is 10.1 Å². The second-order valence-electron chi connectivity index (χ2n) is 4.78. The fourth-order valence-electron chi connectivity index (χ4n) is 2.00. The molecule has 2 aromatic heterocycles. The number of anilines is 1. The maximum absolute atomic E-state index is 12.1. The van der Waals surface area contributed by atoms with Crippen LogP contribution in [0.5, 0.6) is 5.75 Å². The lowest BCUT2D eigenvalue weighted by Crippen LogP contribution is -2.17. The minimum atomic E-state index is -4.76. The second-order valence-corrected chi connectivity index (χ2v) is 4.78. The van der Waals surface area contributed by atoms with Crippen LogP contribution >= 0.6 is 0 Å². The molecule has 6 nitrogen and oxygen atoms in total. The molecule has 0 fully saturated rings. The van der Waals surface area contributed by atoms with Crippen molar-refractivity contribution >= 4 is 11.6 Å². The molecule has 0 unspecified atom stereocenters. The molecule has 1 amide bonds. The van der Waals surface area contributed by atoms with Crippen LogP contribution in [0, 0.1) is 0 Å². The molecular formula is C15H11F3N4O2. The van der Waals surface area contributed by atoms with Crippen LogP contribution in [0.25, 0.3) is 11.4 Å². The number of nitrogens with zero attached hydrogens (tertiary/aromatic N) is 1. The highest BCUT2D eigenvalue weighted by Gasteiger charge is 2.30. The van der Waals surface area contributed by atoms with Crippen molar-refractivity contribution in [1.82, 2.24) is 15.2 Å². The van der Waals surface area contributed by atoms with Gasteiger partial charge in [0.2, 0.25) is 0 Å². The van der Waals surface area contributed by atoms with Crippen LogP contribution in [0.1, 0.15) is 10.5 Å². The number of benzene rings is 1. The SMILES string of the molecule is O=C(Nc1ccc(OC(F)(F)F)cc1)c1cc(-c2ccc[nH]2)n[nH]1. The van der Waals surface area contributed by atoms with Gasteiger partial charge in [-0.1, -0.05) is 0 Å². The van der Waals surface area contributed by atoms with Gasteiger partial charge in [0.1, 0.15) is 17.1 Å². The number of hydrogen-bond donors (Lipinski definition) is 3. The largest absolute Gasteiger partial charge is 0.573 e. The Morgan fingerprint density at radius 3 is 2.54 bits per heavy atom. The van der Waals surface area contributed by atoms with E-state index in [-0.39, 0.29) is 11.4 Å². The third-order valence-corrected chi connectivity index (χ3v) is 3.04. The fourth-order valence-corrected chi connectivity index (χ4v) is 2.00. The Morgan fingerprint density at radius 2 is 1.92 bits per heavy atom. The topological polar surface area (TPSA) is 82.8 Å². The third kappa shape index (κ3) is 3.75. The van der Waals surface area contributed by atoms with E-state index < -0.39 is 12.3 Å². The molecule has 0 atom stereocenters. The van der Waals surface area contributed by atoms with Gasteiger partial charge in [0.15, 0.2) is 0 Å². The normalized spacial score (nSPS) is 11.3. The Balaban J connectivity index is 1.66. The van der Waals surface area contributed by atoms with E-state index in [0.29, 0.717) is 11.4 Å². The van der Waals surface area contributed by atoms with Gasteiger partial charge >= 0.3 is 6.36 Å². The molecular weight excluding hydrogens is 325 g/mol. The van der Waals surface area contributed by atoms with Crippen molar-refractivity contribution in [2.24, 2.45) is 0 Å². The summed E-state index contributed by atoms with van der Waals surface area (Å²) in [5.41, 5.74) is 1.86. The van der Waals surface area contributed by atoms with E-state index in [9.17, 15) is 18.0 Å². The smallest absolute Gasteiger partial charge is 0.406 e. The molecule has 0 radical (unpaired) electrons. The Labute approximate surface area is 133 Å². The number of H-pyrrole nitrogens is 2. The molecule has 0 saturated carbocycles. The van der Waals surface area contributed by atoms with E-state index >= 15 is 0 Å². The Hall–Kier alpha value is -3.23. The van der Waals surface area contributed by atoms with Crippen molar-refractivity contribution in [3.05, 3.63) is 54.4 Å². The molecule has 3 aromatic rings. The molecule has 0 aliphatic carbocycles. The maximum atomic E-state index is 12.1. The number of hydrogen-bond acceptors (Lipinski definition) is 3. The van der Waals surface area contributed by atoms with Crippen LogP contribution in [0.15, 0.2) is 48.7 Å². The van der Waals surface area contributed by atoms with Gasteiger partial charge < -0.3 is 15.0 Å². The van der Waals surface area contributed by atoms with Crippen LogP contribution in [-0.2, 0) is 0 Å². The molecule has 2 heterocycles. The molecule has 3 rings (SSSR count). The minimum absolute atomic E-state index is 0.218. The first-order valence-corrected chi connectivity index (χ1v) is 6.77. The van der Waals surface area contributed by atoms with E-state index in [1.807, 2.05) is 0 Å². The van der Waals surface area contributed by atoms with Crippen molar-refractivity contribution < 1.29 is 22.7 Å². The lowest BCUT2D eigenvalue weighted by atomic mass is 10.2. The summed E-state index contributed by atoms with van der Waals surface area (Å²) in [5.74, 6) is -0.833. The van der Waals surface area contributed by atoms with E-state index in [1.54, 1.807) is 24.4 Å². The number of carbonyl (C=O) groups excluding carboxylic acids is 1. The summed E-state index contributed by atoms with van der Waals surface area (Å²) in [4.78, 5) is 15.1. The Kier molecular flexibility index (Phi) is 3.98. The monoisotopic (exact) mass is 336 g/mol. The minimum Gasteiger partial charge on any atom is -0.406 e. The number of aromatic amines is 2. The Morgan fingerprint density at radius 1 is 1.17 bits per heavy atom. The summed E-state index contributed by atoms with van der Waals surface area (Å²) < 4.78 is 40.0. The first-order valence-electron chi connectivity index (χ1n) is 6.77. The molecule has 0 spiro atoms. The summed E-state index contributed by atoms with van der Waals surface area (Å²) in [7, 11) is 0. The second kappa shape index (κ2) is 6.11. The first kappa shape index (κ1) is 15.7. The highest BCUT2D eigenvalue weighted by molar-refractivity contribution is 6.03. The van der Waals surface area contributed by atoms with Gasteiger partial charge in [-0.2, -0.15) is 5.10 Å². The van der Waals surface area contributed by atoms with E-state index in [0.717, 1.165) is 17.8 Å². The summed E-state index contributed by atoms with van der Waals surface area (Å²) in [5, 5.41) is 9.16. The summed E-state index contributed by atoms with van der Waals surface area (Å²) in [6.45, 7) is 0. The van der Waals surface area contributed by atoms with Crippen molar-refractivity contribution in [3.8, 4) is 17.1 Å². The van der Waals surface area contributed by atoms with Crippen LogP contribution in [0.3, 0.4) is 0 Å². The number of alkyl halides is 3. The van der Waals surface area contributed by atoms with Crippen LogP contribution in [0.2, 0.25) is 0 Å². The number of aromatic nitrogens is 3. The molecule has 0 aliphatic heterocycles. The van der Waals surface area contributed by atoms with Crippen molar-refractivity contribution in [2.45, 2.75) is 6.36 Å². The summed E-state index contributed by atoms with van der Waals surface area (Å²) >= 11 is 0. The summed E-state index contributed by atoms with van der Waals surface area (Å²) in [6, 6.07) is 10.00. The van der Waals surface area contributed by atoms with E-state index in [4.69, 9.17) is 0 Å². The van der Waals surface area contributed by atoms with Gasteiger partial charge in [-0.3, -0.25) is 9.89 Å². The standard InChI is InChI=1S/C15H11F3N4O2/c16-15(17,18)24-10-5-3-9(4-6-10)20-14(23)13-8-12(21-22-13)11-2-1-7-19-11/h1-8,19H,(H,20,23)(H,21,22). The third-order valence-electron chi connectivity index (χ3n) is 3.04. The predicted octanol–water partition coefficient (Wildman–Crippen LogP) is 3.56. The predicted molar refractivity (Wildman–Crippen MR) is 79.5 cm³/mol. The average Bonchev–Trinajstić information content (AvgIpc) is 3.18. The van der Waals surface area contributed by atoms with Gasteiger partial charge in [0.05, 0.1) is 5.69 Å². The number of ether oxygens (including phenoxy) is 1. The van der Waals surface area contributed by atoms with Gasteiger partial charge in [-0.25, -0.2) is 0 Å². The number of amides is 1. The molecule has 1 aromatic carbocycles. The molecule has 3 N–H and O–H groups in total. The zero-order chi connectivity index (χ0) is 17.2. The average molecular weight is 336 g/mol. The molecule has 124 valence electrons. The molecule has 0 saturated heterocycles. The van der Waals surface area contributed by atoms with Crippen molar-refractivity contribution in [2.75, 3.05) is 5.32 Å². The first-order chi connectivity index (χ1) is 11.4. The van der Waals surface area contributed by atoms with Gasteiger partial charge in [-0.05, 0) is 42.5 Å². The van der Waals surface area contributed by atoms with Gasteiger partial charge in [0, 0.05) is 11.9 Å². The highest BCUT2D eigenvalue weighted by Crippen LogP contribution is 2.24. The van der Waals surface area contributed by atoms with Crippen LogP contribution in [0.4, 0.5) is 18.9 Å². The number of rotatable bonds is 4. The van der Waals surface area contributed by atoms with Crippen molar-refractivity contribution in [1.29, 1.82) is 0 Å². The quantitative estimate of drug-likeness (QED) is 0.681. The van der Waals surface area contributed by atoms with Gasteiger partial charge in [-0.15, -0.1) is 13.2 Å². The number of carbonyl (C=O) groups is 1. The van der Waals surface area contributed by atoms with E-state index in [1.165, 1.54) is 12.1 Å². The van der Waals surface area contributed by atoms with Crippen molar-refractivity contribution in [3.63, 3.8) is 0 Å². The van der Waals surface area contributed by atoms with Gasteiger partial charge in [0.25, 0.3) is 5.91 Å². The molecule has 9 heteroatoms.